The maximum absolute atomic E-state index is 13.9. The SMILES string of the molecule is Cc1ccc([C@H](CN2CCN(C)CC2)C(=O)C(C)C)cc1F. The Morgan fingerprint density at radius 3 is 2.41 bits per heavy atom. The van der Waals surface area contributed by atoms with Crippen LogP contribution in [0.25, 0.3) is 0 Å². The van der Waals surface area contributed by atoms with Gasteiger partial charge in [0, 0.05) is 38.6 Å². The quantitative estimate of drug-likeness (QED) is 0.835. The van der Waals surface area contributed by atoms with Crippen molar-refractivity contribution in [2.24, 2.45) is 5.92 Å². The van der Waals surface area contributed by atoms with Gasteiger partial charge in [-0.05, 0) is 31.2 Å². The number of Topliss-reactive ketones (excluding diaryl/α,β-unsaturated/α-hetero) is 1. The number of rotatable bonds is 5. The van der Waals surface area contributed by atoms with Crippen molar-refractivity contribution in [3.05, 3.63) is 35.1 Å². The molecule has 0 spiro atoms. The molecule has 1 saturated heterocycles. The number of carbonyl (C=O) groups is 1. The van der Waals surface area contributed by atoms with Gasteiger partial charge in [-0.15, -0.1) is 0 Å². The van der Waals surface area contributed by atoms with Crippen molar-refractivity contribution >= 4 is 5.78 Å². The Morgan fingerprint density at radius 2 is 1.86 bits per heavy atom. The minimum absolute atomic E-state index is 0.0400. The number of hydrogen-bond donors (Lipinski definition) is 0. The zero-order valence-corrected chi connectivity index (χ0v) is 14.1. The monoisotopic (exact) mass is 306 g/mol. The van der Waals surface area contributed by atoms with Gasteiger partial charge in [0.1, 0.15) is 11.6 Å². The Labute approximate surface area is 133 Å². The van der Waals surface area contributed by atoms with E-state index in [-0.39, 0.29) is 23.4 Å². The molecule has 122 valence electrons. The van der Waals surface area contributed by atoms with Crippen LogP contribution in [0, 0.1) is 18.7 Å². The maximum Gasteiger partial charge on any atom is 0.144 e. The second-order valence-electron chi connectivity index (χ2n) is 6.72. The Bertz CT molecular complexity index is 522. The van der Waals surface area contributed by atoms with Crippen molar-refractivity contribution in [2.45, 2.75) is 26.7 Å². The molecule has 0 bridgehead atoms. The molecule has 0 radical (unpaired) electrons. The molecule has 1 aromatic rings. The zero-order valence-electron chi connectivity index (χ0n) is 14.1. The van der Waals surface area contributed by atoms with E-state index in [0.717, 1.165) is 31.7 Å². The molecule has 3 nitrogen and oxygen atoms in total. The van der Waals surface area contributed by atoms with E-state index in [1.165, 1.54) is 6.07 Å². The van der Waals surface area contributed by atoms with Gasteiger partial charge in [-0.2, -0.15) is 0 Å². The van der Waals surface area contributed by atoms with Gasteiger partial charge in [0.05, 0.1) is 5.92 Å². The highest BCUT2D eigenvalue weighted by molar-refractivity contribution is 5.87. The molecular formula is C18H27FN2O. The lowest BCUT2D eigenvalue weighted by Gasteiger charge is -2.34. The highest BCUT2D eigenvalue weighted by Gasteiger charge is 2.27. The Kier molecular flexibility index (Phi) is 5.70. The lowest BCUT2D eigenvalue weighted by atomic mass is 9.87. The second-order valence-corrected chi connectivity index (χ2v) is 6.72. The number of hydrogen-bond acceptors (Lipinski definition) is 3. The summed E-state index contributed by atoms with van der Waals surface area (Å²) in [6.07, 6.45) is 0. The average molecular weight is 306 g/mol. The Balaban J connectivity index is 2.19. The molecule has 2 rings (SSSR count). The first-order valence-electron chi connectivity index (χ1n) is 8.09. The summed E-state index contributed by atoms with van der Waals surface area (Å²) in [5.41, 5.74) is 1.43. The second kappa shape index (κ2) is 7.34. The molecule has 1 aliphatic heterocycles. The summed E-state index contributed by atoms with van der Waals surface area (Å²) >= 11 is 0. The van der Waals surface area contributed by atoms with Crippen LogP contribution in [0.15, 0.2) is 18.2 Å². The zero-order chi connectivity index (χ0) is 16.3. The third-order valence-corrected chi connectivity index (χ3v) is 4.55. The van der Waals surface area contributed by atoms with Crippen molar-refractivity contribution in [1.29, 1.82) is 0 Å². The van der Waals surface area contributed by atoms with E-state index >= 15 is 0 Å². The fourth-order valence-electron chi connectivity index (χ4n) is 2.88. The predicted molar refractivity (Wildman–Crippen MR) is 87.7 cm³/mol. The van der Waals surface area contributed by atoms with Gasteiger partial charge in [0.25, 0.3) is 0 Å². The Morgan fingerprint density at radius 1 is 1.23 bits per heavy atom. The summed E-state index contributed by atoms with van der Waals surface area (Å²) in [6.45, 7) is 10.2. The molecule has 0 N–H and O–H groups in total. The molecule has 0 saturated carbocycles. The molecule has 0 amide bonds. The molecule has 22 heavy (non-hydrogen) atoms. The van der Waals surface area contributed by atoms with Gasteiger partial charge < -0.3 is 4.90 Å². The molecule has 4 heteroatoms. The van der Waals surface area contributed by atoms with Crippen LogP contribution in [0.4, 0.5) is 4.39 Å². The minimum atomic E-state index is -0.237. The van der Waals surface area contributed by atoms with Crippen molar-refractivity contribution < 1.29 is 9.18 Å². The molecule has 1 fully saturated rings. The first-order valence-corrected chi connectivity index (χ1v) is 8.09. The van der Waals surface area contributed by atoms with Crippen LogP contribution < -0.4 is 0 Å². The van der Waals surface area contributed by atoms with E-state index in [1.807, 2.05) is 19.9 Å². The molecule has 1 atom stereocenters. The van der Waals surface area contributed by atoms with Gasteiger partial charge >= 0.3 is 0 Å². The fourth-order valence-corrected chi connectivity index (χ4v) is 2.88. The van der Waals surface area contributed by atoms with Crippen LogP contribution in [0.3, 0.4) is 0 Å². The van der Waals surface area contributed by atoms with E-state index in [4.69, 9.17) is 0 Å². The molecule has 0 aliphatic carbocycles. The Hall–Kier alpha value is -1.26. The van der Waals surface area contributed by atoms with E-state index < -0.39 is 0 Å². The fraction of sp³-hybridized carbons (Fsp3) is 0.611. The summed E-state index contributed by atoms with van der Waals surface area (Å²) < 4.78 is 13.9. The molecule has 0 unspecified atom stereocenters. The maximum atomic E-state index is 13.9. The van der Waals surface area contributed by atoms with Crippen molar-refractivity contribution in [3.8, 4) is 0 Å². The average Bonchev–Trinajstić information content (AvgIpc) is 2.49. The van der Waals surface area contributed by atoms with Crippen molar-refractivity contribution in [2.75, 3.05) is 39.8 Å². The third-order valence-electron chi connectivity index (χ3n) is 4.55. The minimum Gasteiger partial charge on any atom is -0.304 e. The number of nitrogens with zero attached hydrogens (tertiary/aromatic N) is 2. The summed E-state index contributed by atoms with van der Waals surface area (Å²) in [5.74, 6) is -0.306. The van der Waals surface area contributed by atoms with Gasteiger partial charge in [-0.25, -0.2) is 4.39 Å². The third kappa shape index (κ3) is 4.14. The number of ketones is 1. The van der Waals surface area contributed by atoms with E-state index in [0.29, 0.717) is 12.1 Å². The lowest BCUT2D eigenvalue weighted by Crippen LogP contribution is -2.46. The number of benzene rings is 1. The van der Waals surface area contributed by atoms with E-state index in [9.17, 15) is 9.18 Å². The number of piperazine rings is 1. The standard InChI is InChI=1S/C18H27FN2O/c1-13(2)18(22)16(12-21-9-7-20(4)8-10-21)15-6-5-14(3)17(19)11-15/h5-6,11,13,16H,7-10,12H2,1-4H3/t16-/m0/s1. The lowest BCUT2D eigenvalue weighted by molar-refractivity contribution is -0.124. The van der Waals surface area contributed by atoms with Crippen LogP contribution in [0.5, 0.6) is 0 Å². The first kappa shape index (κ1) is 17.1. The van der Waals surface area contributed by atoms with Crippen molar-refractivity contribution in [1.82, 2.24) is 9.80 Å². The van der Waals surface area contributed by atoms with E-state index in [1.54, 1.807) is 13.0 Å². The van der Waals surface area contributed by atoms with Gasteiger partial charge in [0.15, 0.2) is 0 Å². The number of carbonyl (C=O) groups excluding carboxylic acids is 1. The van der Waals surface area contributed by atoms with Crippen LogP contribution in [0.2, 0.25) is 0 Å². The predicted octanol–water partition coefficient (Wildman–Crippen LogP) is 2.69. The summed E-state index contributed by atoms with van der Waals surface area (Å²) in [4.78, 5) is 17.2. The molecular weight excluding hydrogens is 279 g/mol. The number of halogens is 1. The highest BCUT2D eigenvalue weighted by Crippen LogP contribution is 2.24. The highest BCUT2D eigenvalue weighted by atomic mass is 19.1. The normalized spacial score (nSPS) is 18.6. The summed E-state index contributed by atoms with van der Waals surface area (Å²) in [7, 11) is 2.11. The van der Waals surface area contributed by atoms with Crippen LogP contribution >= 0.6 is 0 Å². The van der Waals surface area contributed by atoms with E-state index in [2.05, 4.69) is 16.8 Å². The van der Waals surface area contributed by atoms with Crippen LogP contribution in [-0.2, 0) is 4.79 Å². The number of aryl methyl sites for hydroxylation is 1. The van der Waals surface area contributed by atoms with Crippen molar-refractivity contribution in [3.63, 3.8) is 0 Å². The molecule has 1 aromatic carbocycles. The van der Waals surface area contributed by atoms with Gasteiger partial charge in [0.2, 0.25) is 0 Å². The van der Waals surface area contributed by atoms with Gasteiger partial charge in [-0.3, -0.25) is 9.69 Å². The molecule has 1 heterocycles. The molecule has 1 aliphatic rings. The largest absolute Gasteiger partial charge is 0.304 e. The molecule has 0 aromatic heterocycles. The first-order chi connectivity index (χ1) is 10.4. The van der Waals surface area contributed by atoms with Gasteiger partial charge in [-0.1, -0.05) is 26.0 Å². The van der Waals surface area contributed by atoms with Crippen LogP contribution in [-0.4, -0.2) is 55.4 Å². The van der Waals surface area contributed by atoms with Crippen LogP contribution in [0.1, 0.15) is 30.9 Å². The summed E-state index contributed by atoms with van der Waals surface area (Å²) in [6, 6.07) is 5.21. The smallest absolute Gasteiger partial charge is 0.144 e. The topological polar surface area (TPSA) is 23.6 Å². The summed E-state index contributed by atoms with van der Waals surface area (Å²) in [5, 5.41) is 0. The number of likely N-dealkylation sites (N-methyl/N-ethyl adjacent to an activating group) is 1.